The van der Waals surface area contributed by atoms with Gasteiger partial charge in [-0.3, -0.25) is 4.79 Å². The van der Waals surface area contributed by atoms with Gasteiger partial charge in [-0.1, -0.05) is 31.2 Å². The van der Waals surface area contributed by atoms with E-state index in [0.717, 1.165) is 44.8 Å². The molecule has 2 heterocycles. The Hall–Kier alpha value is -4.02. The summed E-state index contributed by atoms with van der Waals surface area (Å²) in [4.78, 5) is 37.9. The molecule has 0 unspecified atom stereocenters. The maximum atomic E-state index is 14.1. The average Bonchev–Trinajstić information content (AvgIpc) is 3.44. The van der Waals surface area contributed by atoms with E-state index < -0.39 is 6.04 Å². The van der Waals surface area contributed by atoms with Crippen molar-refractivity contribution in [3.63, 3.8) is 0 Å². The Kier molecular flexibility index (Phi) is 9.57. The molecule has 226 valence electrons. The maximum absolute atomic E-state index is 14.1. The van der Waals surface area contributed by atoms with Crippen molar-refractivity contribution in [3.05, 3.63) is 89.9 Å². The highest BCUT2D eigenvalue weighted by Gasteiger charge is 2.32. The summed E-state index contributed by atoms with van der Waals surface area (Å²) in [5, 5.41) is 7.25. The number of nitrogens with zero attached hydrogens (tertiary/aromatic N) is 3. The average molecular weight is 603 g/mol. The van der Waals surface area contributed by atoms with Gasteiger partial charge in [0.2, 0.25) is 5.91 Å². The number of amides is 3. The van der Waals surface area contributed by atoms with Gasteiger partial charge in [0.25, 0.3) is 0 Å². The Morgan fingerprint density at radius 1 is 1.02 bits per heavy atom. The quantitative estimate of drug-likeness (QED) is 0.213. The number of carbonyl (C=O) groups is 2. The first-order valence-electron chi connectivity index (χ1n) is 14.5. The van der Waals surface area contributed by atoms with E-state index in [9.17, 15) is 14.0 Å². The molecular weight excluding hydrogens is 563 g/mol. The fraction of sp³-hybridized carbons (Fsp3) is 0.333. The van der Waals surface area contributed by atoms with E-state index in [1.165, 1.54) is 12.1 Å². The summed E-state index contributed by atoms with van der Waals surface area (Å²) < 4.78 is 13.4. The molecule has 4 aromatic rings. The van der Waals surface area contributed by atoms with Crippen LogP contribution in [0.1, 0.15) is 24.0 Å². The molecule has 1 aliphatic heterocycles. The molecule has 3 aromatic carbocycles. The Morgan fingerprint density at radius 3 is 2.44 bits per heavy atom. The van der Waals surface area contributed by atoms with Gasteiger partial charge in [-0.25, -0.2) is 9.18 Å². The molecule has 8 nitrogen and oxygen atoms in total. The monoisotopic (exact) mass is 602 g/mol. The van der Waals surface area contributed by atoms with Crippen LogP contribution in [-0.2, 0) is 11.3 Å². The first-order valence-corrected chi connectivity index (χ1v) is 15.7. The molecule has 10 heteroatoms. The summed E-state index contributed by atoms with van der Waals surface area (Å²) in [6, 6.07) is 19.4. The highest BCUT2D eigenvalue weighted by atomic mass is 32.2. The molecule has 43 heavy (non-hydrogen) atoms. The van der Waals surface area contributed by atoms with Crippen molar-refractivity contribution in [3.8, 4) is 0 Å². The second kappa shape index (κ2) is 13.5. The largest absolute Gasteiger partial charge is 0.368 e. The molecule has 0 bridgehead atoms. The van der Waals surface area contributed by atoms with Gasteiger partial charge in [-0.15, -0.1) is 11.8 Å². The number of fused-ring (bicyclic) bond motifs is 1. The SMILES string of the molecule is CSc1ccc(CN(C)C)cc1NC(=O)[C@H](NC(=O)N1CCN(c2ccc(F)cc2)CC1)[C@H](C)c1c[nH]c2ccccc12. The highest BCUT2D eigenvalue weighted by molar-refractivity contribution is 7.98. The molecular formula is C33H39FN6O2S. The number of benzene rings is 3. The van der Waals surface area contributed by atoms with Crippen LogP contribution in [0.2, 0.25) is 0 Å². The molecule has 3 N–H and O–H groups in total. The van der Waals surface area contributed by atoms with Crippen molar-refractivity contribution in [2.24, 2.45) is 0 Å². The fourth-order valence-corrected chi connectivity index (χ4v) is 6.17. The fourth-order valence-electron chi connectivity index (χ4n) is 5.64. The number of urea groups is 1. The van der Waals surface area contributed by atoms with Crippen molar-refractivity contribution in [2.75, 3.05) is 56.7 Å². The molecule has 1 saturated heterocycles. The van der Waals surface area contributed by atoms with Crippen molar-refractivity contribution in [2.45, 2.75) is 30.3 Å². The molecule has 1 aromatic heterocycles. The van der Waals surface area contributed by atoms with Gasteiger partial charge >= 0.3 is 6.03 Å². The van der Waals surface area contributed by atoms with E-state index in [1.54, 1.807) is 28.8 Å². The summed E-state index contributed by atoms with van der Waals surface area (Å²) in [6.45, 7) is 4.93. The van der Waals surface area contributed by atoms with Crippen LogP contribution in [0.5, 0.6) is 0 Å². The molecule has 2 atom stereocenters. The van der Waals surface area contributed by atoms with Gasteiger partial charge < -0.3 is 30.3 Å². The van der Waals surface area contributed by atoms with Crippen LogP contribution in [0, 0.1) is 5.82 Å². The minimum atomic E-state index is -0.825. The number of nitrogens with one attached hydrogen (secondary N) is 3. The topological polar surface area (TPSA) is 83.7 Å². The highest BCUT2D eigenvalue weighted by Crippen LogP contribution is 2.31. The van der Waals surface area contributed by atoms with Crippen LogP contribution in [-0.4, -0.2) is 79.3 Å². The zero-order valence-corrected chi connectivity index (χ0v) is 25.9. The Balaban J connectivity index is 1.37. The van der Waals surface area contributed by atoms with Crippen molar-refractivity contribution in [1.82, 2.24) is 20.1 Å². The zero-order chi connectivity index (χ0) is 30.5. The van der Waals surface area contributed by atoms with E-state index in [0.29, 0.717) is 26.2 Å². The van der Waals surface area contributed by atoms with Gasteiger partial charge in [0.1, 0.15) is 11.9 Å². The molecule has 5 rings (SSSR count). The van der Waals surface area contributed by atoms with Crippen molar-refractivity contribution in [1.29, 1.82) is 0 Å². The van der Waals surface area contributed by atoms with E-state index in [1.807, 2.05) is 69.9 Å². The number of thioether (sulfide) groups is 1. The summed E-state index contributed by atoms with van der Waals surface area (Å²) in [7, 11) is 4.02. The van der Waals surface area contributed by atoms with Crippen LogP contribution in [0.3, 0.4) is 0 Å². The van der Waals surface area contributed by atoms with Gasteiger partial charge in [-0.05, 0) is 73.9 Å². The first kappa shape index (κ1) is 30.4. The second-order valence-corrected chi connectivity index (χ2v) is 12.1. The second-order valence-electron chi connectivity index (χ2n) is 11.2. The van der Waals surface area contributed by atoms with E-state index in [-0.39, 0.29) is 23.7 Å². The van der Waals surface area contributed by atoms with E-state index in [2.05, 4.69) is 31.5 Å². The Bertz CT molecular complexity index is 1570. The Morgan fingerprint density at radius 2 is 1.74 bits per heavy atom. The molecule has 0 saturated carbocycles. The molecule has 0 aliphatic carbocycles. The van der Waals surface area contributed by atoms with Crippen molar-refractivity contribution < 1.29 is 14.0 Å². The number of piperazine rings is 1. The number of carbonyl (C=O) groups excluding carboxylic acids is 2. The third-order valence-electron chi connectivity index (χ3n) is 7.95. The minimum absolute atomic E-state index is 0.270. The van der Waals surface area contributed by atoms with Crippen LogP contribution in [0.15, 0.2) is 77.8 Å². The maximum Gasteiger partial charge on any atom is 0.318 e. The van der Waals surface area contributed by atoms with E-state index in [4.69, 9.17) is 0 Å². The third-order valence-corrected chi connectivity index (χ3v) is 8.75. The van der Waals surface area contributed by atoms with Gasteiger partial charge in [-0.2, -0.15) is 0 Å². The predicted octanol–water partition coefficient (Wildman–Crippen LogP) is 5.73. The number of hydrogen-bond donors (Lipinski definition) is 3. The third kappa shape index (κ3) is 7.14. The molecule has 1 aliphatic rings. The minimum Gasteiger partial charge on any atom is -0.368 e. The number of para-hydroxylation sites is 1. The summed E-state index contributed by atoms with van der Waals surface area (Å²) in [5.74, 6) is -0.860. The first-order chi connectivity index (χ1) is 20.7. The lowest BCUT2D eigenvalue weighted by atomic mass is 9.92. The smallest absolute Gasteiger partial charge is 0.318 e. The van der Waals surface area contributed by atoms with Gasteiger partial charge in [0, 0.05) is 66.3 Å². The van der Waals surface area contributed by atoms with Crippen LogP contribution in [0.25, 0.3) is 10.9 Å². The number of rotatable bonds is 9. The summed E-state index contributed by atoms with van der Waals surface area (Å²) >= 11 is 1.57. The lowest BCUT2D eigenvalue weighted by molar-refractivity contribution is -0.118. The van der Waals surface area contributed by atoms with E-state index >= 15 is 0 Å². The molecule has 3 amide bonds. The summed E-state index contributed by atoms with van der Waals surface area (Å²) in [6.07, 6.45) is 3.91. The predicted molar refractivity (Wildman–Crippen MR) is 173 cm³/mol. The normalized spacial score (nSPS) is 15.0. The van der Waals surface area contributed by atoms with Gasteiger partial charge in [0.15, 0.2) is 0 Å². The number of hydrogen-bond acceptors (Lipinski definition) is 5. The lowest BCUT2D eigenvalue weighted by Gasteiger charge is -2.37. The van der Waals surface area contributed by atoms with Gasteiger partial charge in [0.05, 0.1) is 5.69 Å². The lowest BCUT2D eigenvalue weighted by Crippen LogP contribution is -2.56. The number of aromatic amines is 1. The number of H-pyrrole nitrogens is 1. The standard InChI is InChI=1S/C33H39FN6O2S/c1-22(27-20-35-28-8-6-5-7-26(27)28)31(32(41)36-29-19-23(21-38(2)3)9-14-30(29)43-4)37-33(42)40-17-15-39(16-18-40)25-12-10-24(34)11-13-25/h5-14,19-20,22,31,35H,15-18,21H2,1-4H3,(H,36,41)(H,37,42)/t22-,31-/m1/s1. The molecule has 1 fully saturated rings. The number of aromatic nitrogens is 1. The Labute approximate surface area is 256 Å². The van der Waals surface area contributed by atoms with Crippen LogP contribution in [0.4, 0.5) is 20.6 Å². The zero-order valence-electron chi connectivity index (χ0n) is 25.1. The molecule has 0 radical (unpaired) electrons. The molecule has 0 spiro atoms. The van der Waals surface area contributed by atoms with Crippen LogP contribution >= 0.6 is 11.8 Å². The number of halogens is 1. The number of anilines is 2. The van der Waals surface area contributed by atoms with Crippen molar-refractivity contribution >= 4 is 46.0 Å². The van der Waals surface area contributed by atoms with Crippen LogP contribution < -0.4 is 15.5 Å². The summed E-state index contributed by atoms with van der Waals surface area (Å²) in [5.41, 5.74) is 4.68.